The number of hydrogen-bond donors (Lipinski definition) is 1. The first kappa shape index (κ1) is 17.4. The minimum Gasteiger partial charge on any atom is -0.337 e. The Hall–Kier alpha value is -2.99. The van der Waals surface area contributed by atoms with Gasteiger partial charge in [0.25, 0.3) is 0 Å². The van der Waals surface area contributed by atoms with Gasteiger partial charge in [-0.15, -0.1) is 0 Å². The van der Waals surface area contributed by atoms with Gasteiger partial charge in [-0.1, -0.05) is 55.5 Å². The van der Waals surface area contributed by atoms with Gasteiger partial charge in [0.2, 0.25) is 0 Å². The molecular formula is C21H19N3O2S. The summed E-state index contributed by atoms with van der Waals surface area (Å²) in [6.07, 6.45) is 1.96. The van der Waals surface area contributed by atoms with Crippen LogP contribution in [0, 0.1) is 0 Å². The Labute approximate surface area is 158 Å². The molecule has 2 aromatic carbocycles. The summed E-state index contributed by atoms with van der Waals surface area (Å²) in [4.78, 5) is 12.2. The van der Waals surface area contributed by atoms with Crippen molar-refractivity contribution < 1.29 is 8.42 Å². The fourth-order valence-corrected chi connectivity index (χ4v) is 4.33. The Morgan fingerprint density at radius 2 is 1.67 bits per heavy atom. The highest BCUT2D eigenvalue weighted by Gasteiger charge is 2.16. The molecular weight excluding hydrogens is 358 g/mol. The summed E-state index contributed by atoms with van der Waals surface area (Å²) in [6, 6.07) is 19.8. The second-order valence-electron chi connectivity index (χ2n) is 6.39. The third-order valence-electron chi connectivity index (χ3n) is 4.39. The molecule has 0 saturated carbocycles. The maximum atomic E-state index is 12.3. The second kappa shape index (κ2) is 6.96. The zero-order valence-corrected chi connectivity index (χ0v) is 15.7. The lowest BCUT2D eigenvalue weighted by molar-refractivity contribution is 0.594. The van der Waals surface area contributed by atoms with Gasteiger partial charge >= 0.3 is 0 Å². The first-order valence-electron chi connectivity index (χ1n) is 8.81. The van der Waals surface area contributed by atoms with Crippen molar-refractivity contribution in [3.63, 3.8) is 0 Å². The molecule has 0 aliphatic carbocycles. The molecule has 0 unspecified atom stereocenters. The van der Waals surface area contributed by atoms with Gasteiger partial charge in [0, 0.05) is 11.8 Å². The van der Waals surface area contributed by atoms with Crippen LogP contribution in [0.25, 0.3) is 33.7 Å². The molecule has 0 amide bonds. The van der Waals surface area contributed by atoms with Gasteiger partial charge in [0.15, 0.2) is 15.5 Å². The fourth-order valence-electron chi connectivity index (χ4n) is 3.05. The molecule has 4 aromatic rings. The summed E-state index contributed by atoms with van der Waals surface area (Å²) >= 11 is 0. The molecule has 27 heavy (non-hydrogen) atoms. The molecule has 5 nitrogen and oxygen atoms in total. The second-order valence-corrected chi connectivity index (χ2v) is 8.50. The molecule has 0 bridgehead atoms. The Balaban J connectivity index is 1.75. The number of aromatic amines is 1. The highest BCUT2D eigenvalue weighted by Crippen LogP contribution is 2.26. The molecule has 6 heteroatoms. The molecule has 0 saturated heterocycles. The minimum atomic E-state index is -3.31. The lowest BCUT2D eigenvalue weighted by Gasteiger charge is -2.03. The lowest BCUT2D eigenvalue weighted by Crippen LogP contribution is -2.06. The van der Waals surface area contributed by atoms with Crippen molar-refractivity contribution in [1.29, 1.82) is 0 Å². The van der Waals surface area contributed by atoms with Crippen LogP contribution in [-0.2, 0) is 9.84 Å². The van der Waals surface area contributed by atoms with Crippen LogP contribution in [0.1, 0.15) is 13.3 Å². The van der Waals surface area contributed by atoms with Crippen LogP contribution >= 0.6 is 0 Å². The van der Waals surface area contributed by atoms with E-state index >= 15 is 0 Å². The number of nitrogens with zero attached hydrogens (tertiary/aromatic N) is 2. The summed E-state index contributed by atoms with van der Waals surface area (Å²) in [5, 5.41) is 0. The van der Waals surface area contributed by atoms with Gasteiger partial charge in [-0.2, -0.15) is 0 Å². The van der Waals surface area contributed by atoms with Crippen LogP contribution in [-0.4, -0.2) is 29.1 Å². The highest BCUT2D eigenvalue weighted by atomic mass is 32.2. The quantitative estimate of drug-likeness (QED) is 0.556. The Morgan fingerprint density at radius 3 is 2.44 bits per heavy atom. The maximum absolute atomic E-state index is 12.3. The van der Waals surface area contributed by atoms with Crippen molar-refractivity contribution in [1.82, 2.24) is 15.0 Å². The summed E-state index contributed by atoms with van der Waals surface area (Å²) < 4.78 is 24.6. The normalized spacial score (nSPS) is 11.7. The highest BCUT2D eigenvalue weighted by molar-refractivity contribution is 7.91. The Morgan fingerprint density at radius 1 is 0.926 bits per heavy atom. The molecule has 0 aliphatic heterocycles. The number of imidazole rings is 1. The van der Waals surface area contributed by atoms with E-state index in [4.69, 9.17) is 0 Å². The molecule has 4 rings (SSSR count). The maximum Gasteiger partial charge on any atom is 0.179 e. The van der Waals surface area contributed by atoms with E-state index in [1.54, 1.807) is 6.07 Å². The van der Waals surface area contributed by atoms with Crippen molar-refractivity contribution in [3.05, 3.63) is 66.9 Å². The van der Waals surface area contributed by atoms with E-state index in [1.165, 1.54) is 6.20 Å². The molecule has 1 N–H and O–H groups in total. The summed E-state index contributed by atoms with van der Waals surface area (Å²) in [6.45, 7) is 1.84. The van der Waals surface area contributed by atoms with E-state index in [0.29, 0.717) is 23.4 Å². The van der Waals surface area contributed by atoms with Crippen molar-refractivity contribution in [2.45, 2.75) is 18.2 Å². The summed E-state index contributed by atoms with van der Waals surface area (Å²) in [7, 11) is -3.31. The molecule has 0 fully saturated rings. The first-order chi connectivity index (χ1) is 13.1. The van der Waals surface area contributed by atoms with E-state index in [9.17, 15) is 8.42 Å². The molecule has 0 radical (unpaired) electrons. The van der Waals surface area contributed by atoms with Crippen molar-refractivity contribution in [2.24, 2.45) is 0 Å². The molecule has 2 aromatic heterocycles. The molecule has 2 heterocycles. The molecule has 136 valence electrons. The lowest BCUT2D eigenvalue weighted by atomic mass is 10.0. The van der Waals surface area contributed by atoms with Crippen LogP contribution in [0.4, 0.5) is 0 Å². The van der Waals surface area contributed by atoms with Crippen LogP contribution in [0.5, 0.6) is 0 Å². The number of H-pyrrole nitrogens is 1. The predicted molar refractivity (Wildman–Crippen MR) is 107 cm³/mol. The van der Waals surface area contributed by atoms with Crippen LogP contribution < -0.4 is 0 Å². The number of fused-ring (bicyclic) bond motifs is 1. The molecule has 0 spiro atoms. The van der Waals surface area contributed by atoms with Crippen molar-refractivity contribution in [3.8, 4) is 22.5 Å². The number of hydrogen-bond acceptors (Lipinski definition) is 4. The summed E-state index contributed by atoms with van der Waals surface area (Å²) in [5.74, 6) is 0.778. The SMILES string of the molecule is CCCS(=O)(=O)c1cnc2nc(-c3cccc(-c4ccccc4)c3)[nH]c2c1. The van der Waals surface area contributed by atoms with E-state index in [1.807, 2.05) is 37.3 Å². The van der Waals surface area contributed by atoms with Crippen LogP contribution in [0.3, 0.4) is 0 Å². The van der Waals surface area contributed by atoms with Gasteiger partial charge in [0.05, 0.1) is 16.2 Å². The Kier molecular flexibility index (Phi) is 4.49. The Bertz CT molecular complexity index is 1200. The monoisotopic (exact) mass is 377 g/mol. The predicted octanol–water partition coefficient (Wildman–Crippen LogP) is 4.48. The number of aromatic nitrogens is 3. The van der Waals surface area contributed by atoms with Gasteiger partial charge < -0.3 is 4.98 Å². The molecule has 0 aliphatic rings. The van der Waals surface area contributed by atoms with E-state index in [2.05, 4.69) is 39.2 Å². The average molecular weight is 377 g/mol. The van der Waals surface area contributed by atoms with Gasteiger partial charge in [-0.3, -0.25) is 0 Å². The van der Waals surface area contributed by atoms with Crippen molar-refractivity contribution >= 4 is 21.0 Å². The average Bonchev–Trinajstić information content (AvgIpc) is 3.12. The van der Waals surface area contributed by atoms with Crippen molar-refractivity contribution in [2.75, 3.05) is 5.75 Å². The van der Waals surface area contributed by atoms with E-state index < -0.39 is 9.84 Å². The molecule has 0 atom stereocenters. The standard InChI is InChI=1S/C21H19N3O2S/c1-2-11-27(25,26)18-13-19-21(22-14-18)24-20(23-19)17-10-6-9-16(12-17)15-7-4-3-5-8-15/h3-10,12-14H,2,11H2,1H3,(H,22,23,24). The number of sulfone groups is 1. The third-order valence-corrected chi connectivity index (χ3v) is 6.27. The first-order valence-corrected chi connectivity index (χ1v) is 10.5. The van der Waals surface area contributed by atoms with Crippen LogP contribution in [0.15, 0.2) is 71.8 Å². The number of pyridine rings is 1. The largest absolute Gasteiger partial charge is 0.337 e. The van der Waals surface area contributed by atoms with Gasteiger partial charge in [-0.05, 0) is 29.7 Å². The third kappa shape index (κ3) is 3.48. The zero-order chi connectivity index (χ0) is 18.9. The fraction of sp³-hybridized carbons (Fsp3) is 0.143. The van der Waals surface area contributed by atoms with Gasteiger partial charge in [0.1, 0.15) is 5.82 Å². The minimum absolute atomic E-state index is 0.111. The number of nitrogens with one attached hydrogen (secondary N) is 1. The number of benzene rings is 2. The van der Waals surface area contributed by atoms with Crippen LogP contribution in [0.2, 0.25) is 0 Å². The van der Waals surface area contributed by atoms with E-state index in [-0.39, 0.29) is 10.6 Å². The van der Waals surface area contributed by atoms with Gasteiger partial charge in [-0.25, -0.2) is 18.4 Å². The number of rotatable bonds is 5. The smallest absolute Gasteiger partial charge is 0.179 e. The topological polar surface area (TPSA) is 75.7 Å². The van der Waals surface area contributed by atoms with E-state index in [0.717, 1.165) is 16.7 Å². The summed E-state index contributed by atoms with van der Waals surface area (Å²) in [5.41, 5.74) is 4.26. The zero-order valence-electron chi connectivity index (χ0n) is 14.9.